The van der Waals surface area contributed by atoms with Gasteiger partial charge in [0.25, 0.3) is 11.8 Å². The van der Waals surface area contributed by atoms with E-state index in [4.69, 9.17) is 0 Å². The number of benzene rings is 1. The molecule has 30 heavy (non-hydrogen) atoms. The summed E-state index contributed by atoms with van der Waals surface area (Å²) >= 11 is 0. The molecule has 0 unspecified atom stereocenters. The van der Waals surface area contributed by atoms with Gasteiger partial charge in [-0.05, 0) is 61.4 Å². The number of amides is 2. The number of pyridine rings is 2. The van der Waals surface area contributed by atoms with Gasteiger partial charge in [0.05, 0.1) is 17.8 Å². The average Bonchev–Trinajstić information content (AvgIpc) is 3.12. The molecular formula is C23H21N5O2. The van der Waals surface area contributed by atoms with E-state index in [-0.39, 0.29) is 29.9 Å². The number of nitrogens with zero attached hydrogens (tertiary/aromatic N) is 3. The minimum atomic E-state index is -0.384. The van der Waals surface area contributed by atoms with E-state index in [0.29, 0.717) is 11.2 Å². The van der Waals surface area contributed by atoms with Gasteiger partial charge in [0.1, 0.15) is 0 Å². The second-order valence-corrected chi connectivity index (χ2v) is 7.07. The van der Waals surface area contributed by atoms with E-state index in [1.54, 1.807) is 35.0 Å². The highest BCUT2D eigenvalue weighted by Crippen LogP contribution is 2.17. The second kappa shape index (κ2) is 8.16. The third kappa shape index (κ3) is 4.05. The Hall–Kier alpha value is -4.00. The number of aromatic nitrogens is 3. The number of carbonyl (C=O) groups excluding carboxylic acids is 2. The molecule has 0 bridgehead atoms. The SMILES string of the molecule is Cc1cc(C)cc(NC(=O)c2nc(C(=O)NCc3ccccn3)c3ccccn23)c1. The lowest BCUT2D eigenvalue weighted by Gasteiger charge is -2.07. The van der Waals surface area contributed by atoms with Gasteiger partial charge in [-0.2, -0.15) is 0 Å². The minimum absolute atomic E-state index is 0.146. The molecule has 3 heterocycles. The summed E-state index contributed by atoms with van der Waals surface area (Å²) in [6.45, 7) is 4.21. The van der Waals surface area contributed by atoms with Crippen LogP contribution < -0.4 is 10.6 Å². The van der Waals surface area contributed by atoms with Crippen LogP contribution in [0.15, 0.2) is 67.0 Å². The maximum absolute atomic E-state index is 12.9. The largest absolute Gasteiger partial charge is 0.345 e. The van der Waals surface area contributed by atoms with Crippen LogP contribution >= 0.6 is 0 Å². The van der Waals surface area contributed by atoms with Crippen molar-refractivity contribution in [3.8, 4) is 0 Å². The zero-order chi connectivity index (χ0) is 21.1. The van der Waals surface area contributed by atoms with Gasteiger partial charge >= 0.3 is 0 Å². The van der Waals surface area contributed by atoms with Crippen molar-refractivity contribution < 1.29 is 9.59 Å². The van der Waals surface area contributed by atoms with Crippen molar-refractivity contribution in [1.29, 1.82) is 0 Å². The van der Waals surface area contributed by atoms with Gasteiger partial charge in [-0.3, -0.25) is 19.0 Å². The summed E-state index contributed by atoms with van der Waals surface area (Å²) in [6, 6.07) is 16.7. The number of hydrogen-bond acceptors (Lipinski definition) is 4. The lowest BCUT2D eigenvalue weighted by atomic mass is 10.1. The van der Waals surface area contributed by atoms with Crippen molar-refractivity contribution in [3.63, 3.8) is 0 Å². The van der Waals surface area contributed by atoms with E-state index in [1.807, 2.05) is 50.2 Å². The molecule has 0 spiro atoms. The zero-order valence-corrected chi connectivity index (χ0v) is 16.7. The van der Waals surface area contributed by atoms with Crippen LogP contribution in [-0.2, 0) is 6.54 Å². The van der Waals surface area contributed by atoms with E-state index in [0.717, 1.165) is 16.8 Å². The maximum atomic E-state index is 12.9. The molecule has 2 N–H and O–H groups in total. The summed E-state index contributed by atoms with van der Waals surface area (Å²) in [5.41, 5.74) is 4.27. The normalized spacial score (nSPS) is 10.7. The molecule has 3 aromatic heterocycles. The molecule has 4 rings (SSSR count). The Bertz CT molecular complexity index is 1210. The van der Waals surface area contributed by atoms with Crippen molar-refractivity contribution in [2.75, 3.05) is 5.32 Å². The van der Waals surface area contributed by atoms with Crippen LogP contribution in [0.25, 0.3) is 5.52 Å². The number of anilines is 1. The maximum Gasteiger partial charge on any atom is 0.292 e. The van der Waals surface area contributed by atoms with Crippen molar-refractivity contribution in [3.05, 3.63) is 95.3 Å². The van der Waals surface area contributed by atoms with E-state index in [9.17, 15) is 9.59 Å². The van der Waals surface area contributed by atoms with Gasteiger partial charge in [-0.25, -0.2) is 4.98 Å². The topological polar surface area (TPSA) is 88.4 Å². The predicted molar refractivity (Wildman–Crippen MR) is 114 cm³/mol. The molecule has 0 fully saturated rings. The lowest BCUT2D eigenvalue weighted by molar-refractivity contribution is 0.0947. The first-order chi connectivity index (χ1) is 14.5. The lowest BCUT2D eigenvalue weighted by Crippen LogP contribution is -2.24. The van der Waals surface area contributed by atoms with Gasteiger partial charge in [-0.1, -0.05) is 18.2 Å². The first-order valence-corrected chi connectivity index (χ1v) is 9.56. The molecule has 7 heteroatoms. The molecule has 0 radical (unpaired) electrons. The monoisotopic (exact) mass is 399 g/mol. The van der Waals surface area contributed by atoms with Gasteiger partial charge in [0.15, 0.2) is 5.69 Å². The Morgan fingerprint density at radius 3 is 2.47 bits per heavy atom. The first-order valence-electron chi connectivity index (χ1n) is 9.56. The fourth-order valence-electron chi connectivity index (χ4n) is 3.36. The molecule has 4 aromatic rings. The zero-order valence-electron chi connectivity index (χ0n) is 16.7. The predicted octanol–water partition coefficient (Wildman–Crippen LogP) is 3.53. The van der Waals surface area contributed by atoms with Gasteiger partial charge in [-0.15, -0.1) is 0 Å². The number of nitrogens with one attached hydrogen (secondary N) is 2. The van der Waals surface area contributed by atoms with Crippen LogP contribution in [0.5, 0.6) is 0 Å². The van der Waals surface area contributed by atoms with Crippen molar-refractivity contribution >= 4 is 23.0 Å². The van der Waals surface area contributed by atoms with Crippen LogP contribution in [0.3, 0.4) is 0 Å². The molecule has 0 saturated heterocycles. The molecule has 150 valence electrons. The fourth-order valence-corrected chi connectivity index (χ4v) is 3.36. The van der Waals surface area contributed by atoms with Crippen LogP contribution in [0.1, 0.15) is 37.9 Å². The molecule has 1 aromatic carbocycles. The highest BCUT2D eigenvalue weighted by atomic mass is 16.2. The second-order valence-electron chi connectivity index (χ2n) is 7.07. The van der Waals surface area contributed by atoms with Crippen LogP contribution in [-0.4, -0.2) is 26.2 Å². The number of aryl methyl sites for hydroxylation is 2. The van der Waals surface area contributed by atoms with Crippen LogP contribution in [0, 0.1) is 13.8 Å². The van der Waals surface area contributed by atoms with Crippen molar-refractivity contribution in [2.24, 2.45) is 0 Å². The fraction of sp³-hybridized carbons (Fsp3) is 0.130. The smallest absolute Gasteiger partial charge is 0.292 e. The number of carbonyl (C=O) groups is 2. The summed E-state index contributed by atoms with van der Waals surface area (Å²) in [4.78, 5) is 34.3. The van der Waals surface area contributed by atoms with Crippen molar-refractivity contribution in [1.82, 2.24) is 19.7 Å². The van der Waals surface area contributed by atoms with Gasteiger partial charge in [0, 0.05) is 18.1 Å². The number of rotatable bonds is 5. The van der Waals surface area contributed by atoms with Crippen LogP contribution in [0.2, 0.25) is 0 Å². The molecule has 0 atom stereocenters. The Morgan fingerprint density at radius 2 is 1.73 bits per heavy atom. The molecule has 7 nitrogen and oxygen atoms in total. The van der Waals surface area contributed by atoms with Gasteiger partial charge < -0.3 is 10.6 Å². The summed E-state index contributed by atoms with van der Waals surface area (Å²) in [5.74, 6) is -0.604. The minimum Gasteiger partial charge on any atom is -0.345 e. The average molecular weight is 399 g/mol. The van der Waals surface area contributed by atoms with E-state index < -0.39 is 0 Å². The Kier molecular flexibility index (Phi) is 5.26. The molecular weight excluding hydrogens is 378 g/mol. The Labute approximate surface area is 173 Å². The Morgan fingerprint density at radius 1 is 0.967 bits per heavy atom. The van der Waals surface area contributed by atoms with Crippen molar-refractivity contribution in [2.45, 2.75) is 20.4 Å². The molecule has 0 aliphatic rings. The van der Waals surface area contributed by atoms with E-state index >= 15 is 0 Å². The molecule has 0 saturated carbocycles. The van der Waals surface area contributed by atoms with E-state index in [2.05, 4.69) is 20.6 Å². The third-order valence-electron chi connectivity index (χ3n) is 4.60. The first kappa shape index (κ1) is 19.3. The number of hydrogen-bond donors (Lipinski definition) is 2. The summed E-state index contributed by atoms with van der Waals surface area (Å²) in [5, 5.41) is 5.69. The Balaban J connectivity index is 1.61. The molecule has 0 aliphatic heterocycles. The van der Waals surface area contributed by atoms with Gasteiger partial charge in [0.2, 0.25) is 5.82 Å². The summed E-state index contributed by atoms with van der Waals surface area (Å²) in [7, 11) is 0. The number of imidazole rings is 1. The summed E-state index contributed by atoms with van der Waals surface area (Å²) in [6.07, 6.45) is 3.39. The standard InChI is InChI=1S/C23H21N5O2/c1-15-11-16(2)13-18(12-15)26-23(30)21-27-20(19-8-4-6-10-28(19)21)22(29)25-14-17-7-3-5-9-24-17/h3-13H,14H2,1-2H3,(H,25,29)(H,26,30). The third-order valence-corrected chi connectivity index (χ3v) is 4.60. The van der Waals surface area contributed by atoms with Crippen LogP contribution in [0.4, 0.5) is 5.69 Å². The highest BCUT2D eigenvalue weighted by Gasteiger charge is 2.21. The molecule has 2 amide bonds. The molecule has 0 aliphatic carbocycles. The van der Waals surface area contributed by atoms with E-state index in [1.165, 1.54) is 0 Å². The number of fused-ring (bicyclic) bond motifs is 1. The summed E-state index contributed by atoms with van der Waals surface area (Å²) < 4.78 is 1.62. The quantitative estimate of drug-likeness (QED) is 0.537. The highest BCUT2D eigenvalue weighted by molar-refractivity contribution is 6.06.